The molecule has 3 rings (SSSR count). The quantitative estimate of drug-likeness (QED) is 0.818. The molecular weight excluding hydrogens is 240 g/mol. The third-order valence-corrected chi connectivity index (χ3v) is 5.90. The second kappa shape index (κ2) is 5.06. The van der Waals surface area contributed by atoms with E-state index in [4.69, 9.17) is 0 Å². The van der Waals surface area contributed by atoms with Crippen molar-refractivity contribution >= 4 is 5.97 Å². The van der Waals surface area contributed by atoms with Crippen LogP contribution in [0.2, 0.25) is 0 Å². The van der Waals surface area contributed by atoms with Crippen LogP contribution >= 0.6 is 0 Å². The van der Waals surface area contributed by atoms with E-state index in [1.54, 1.807) is 7.05 Å². The third kappa shape index (κ3) is 2.19. The number of likely N-dealkylation sites (tertiary alicyclic amines) is 1. The van der Waals surface area contributed by atoms with Crippen molar-refractivity contribution in [3.63, 3.8) is 0 Å². The molecule has 108 valence electrons. The summed E-state index contributed by atoms with van der Waals surface area (Å²) < 4.78 is 0. The topological polar surface area (TPSA) is 52.6 Å². The summed E-state index contributed by atoms with van der Waals surface area (Å²) >= 11 is 0. The highest BCUT2D eigenvalue weighted by Gasteiger charge is 2.49. The molecule has 0 spiro atoms. The summed E-state index contributed by atoms with van der Waals surface area (Å²) in [6, 6.07) is 1.23. The number of aliphatic carboxylic acids is 1. The van der Waals surface area contributed by atoms with E-state index in [0.29, 0.717) is 6.04 Å². The normalized spacial score (nSPS) is 43.3. The maximum Gasteiger partial charge on any atom is 0.323 e. The van der Waals surface area contributed by atoms with Gasteiger partial charge in [0.1, 0.15) is 5.54 Å². The average molecular weight is 266 g/mol. The second-order valence-corrected chi connectivity index (χ2v) is 6.67. The highest BCUT2D eigenvalue weighted by atomic mass is 16.4. The molecule has 1 heterocycles. The number of rotatable bonds is 3. The Morgan fingerprint density at radius 3 is 2.74 bits per heavy atom. The van der Waals surface area contributed by atoms with Crippen LogP contribution in [0.4, 0.5) is 0 Å². The van der Waals surface area contributed by atoms with Crippen LogP contribution in [0.25, 0.3) is 0 Å². The van der Waals surface area contributed by atoms with Crippen molar-refractivity contribution in [2.75, 3.05) is 13.6 Å². The van der Waals surface area contributed by atoms with Gasteiger partial charge in [0, 0.05) is 12.1 Å². The van der Waals surface area contributed by atoms with Gasteiger partial charge in [-0.2, -0.15) is 0 Å². The SMILES string of the molecule is CNC1(C(=O)O)CCC(N2CCC3CCCCC32)C1. The molecule has 4 atom stereocenters. The largest absolute Gasteiger partial charge is 0.480 e. The predicted octanol–water partition coefficient (Wildman–Crippen LogP) is 1.85. The summed E-state index contributed by atoms with van der Waals surface area (Å²) in [6.07, 6.45) is 9.41. The van der Waals surface area contributed by atoms with E-state index >= 15 is 0 Å². The zero-order valence-electron chi connectivity index (χ0n) is 11.9. The summed E-state index contributed by atoms with van der Waals surface area (Å²) in [6.45, 7) is 1.19. The Bertz CT molecular complexity index is 360. The Balaban J connectivity index is 1.69. The highest BCUT2D eigenvalue weighted by molar-refractivity contribution is 5.79. The van der Waals surface area contributed by atoms with Crippen LogP contribution in [0.5, 0.6) is 0 Å². The first-order valence-corrected chi connectivity index (χ1v) is 7.84. The van der Waals surface area contributed by atoms with Crippen molar-refractivity contribution in [2.24, 2.45) is 5.92 Å². The first-order chi connectivity index (χ1) is 9.16. The Kier molecular flexibility index (Phi) is 3.56. The lowest BCUT2D eigenvalue weighted by molar-refractivity contribution is -0.144. The first kappa shape index (κ1) is 13.4. The lowest BCUT2D eigenvalue weighted by atomic mass is 9.85. The Hall–Kier alpha value is -0.610. The summed E-state index contributed by atoms with van der Waals surface area (Å²) in [4.78, 5) is 14.2. The van der Waals surface area contributed by atoms with Crippen LogP contribution in [0.3, 0.4) is 0 Å². The molecule has 0 aromatic rings. The Morgan fingerprint density at radius 2 is 2.05 bits per heavy atom. The molecule has 19 heavy (non-hydrogen) atoms. The molecule has 4 nitrogen and oxygen atoms in total. The van der Waals surface area contributed by atoms with E-state index in [0.717, 1.165) is 31.2 Å². The number of nitrogens with zero attached hydrogens (tertiary/aromatic N) is 1. The van der Waals surface area contributed by atoms with Crippen molar-refractivity contribution in [3.05, 3.63) is 0 Å². The Labute approximate surface area is 115 Å². The number of nitrogens with one attached hydrogen (secondary N) is 1. The van der Waals surface area contributed by atoms with Crippen molar-refractivity contribution in [1.29, 1.82) is 0 Å². The third-order valence-electron chi connectivity index (χ3n) is 5.90. The van der Waals surface area contributed by atoms with Crippen molar-refractivity contribution in [3.8, 4) is 0 Å². The highest BCUT2D eigenvalue weighted by Crippen LogP contribution is 2.42. The average Bonchev–Trinajstić information content (AvgIpc) is 3.03. The molecule has 0 radical (unpaired) electrons. The summed E-state index contributed by atoms with van der Waals surface area (Å²) in [5.41, 5.74) is -0.669. The van der Waals surface area contributed by atoms with Crippen LogP contribution in [0, 0.1) is 5.92 Å². The molecule has 4 heteroatoms. The van der Waals surface area contributed by atoms with Gasteiger partial charge in [0.15, 0.2) is 0 Å². The molecule has 2 N–H and O–H groups in total. The molecule has 4 unspecified atom stereocenters. The molecule has 1 aliphatic heterocycles. The smallest absolute Gasteiger partial charge is 0.323 e. The minimum absolute atomic E-state index is 0.483. The molecule has 3 fully saturated rings. The summed E-state index contributed by atoms with van der Waals surface area (Å²) in [5.74, 6) is 0.222. The van der Waals surface area contributed by atoms with Gasteiger partial charge in [0.2, 0.25) is 0 Å². The van der Waals surface area contributed by atoms with Crippen LogP contribution < -0.4 is 5.32 Å². The van der Waals surface area contributed by atoms with Crippen molar-refractivity contribution < 1.29 is 9.90 Å². The monoisotopic (exact) mass is 266 g/mol. The number of fused-ring (bicyclic) bond motifs is 1. The van der Waals surface area contributed by atoms with Crippen LogP contribution in [0.15, 0.2) is 0 Å². The van der Waals surface area contributed by atoms with Crippen LogP contribution in [-0.2, 0) is 4.79 Å². The standard InChI is InChI=1S/C15H26N2O2/c1-16-15(14(18)19)8-6-12(10-15)17-9-7-11-4-2-3-5-13(11)17/h11-13,16H,2-10H2,1H3,(H,18,19). The maximum absolute atomic E-state index is 11.5. The predicted molar refractivity (Wildman–Crippen MR) is 74.1 cm³/mol. The van der Waals surface area contributed by atoms with E-state index in [2.05, 4.69) is 10.2 Å². The van der Waals surface area contributed by atoms with Gasteiger partial charge in [-0.25, -0.2) is 0 Å². The van der Waals surface area contributed by atoms with Gasteiger partial charge >= 0.3 is 5.97 Å². The molecule has 3 aliphatic rings. The summed E-state index contributed by atoms with van der Waals surface area (Å²) in [7, 11) is 1.80. The zero-order valence-corrected chi connectivity index (χ0v) is 11.9. The number of hydrogen-bond donors (Lipinski definition) is 2. The molecule has 0 aromatic carbocycles. The van der Waals surface area contributed by atoms with E-state index in [9.17, 15) is 9.90 Å². The molecule has 0 amide bonds. The van der Waals surface area contributed by atoms with E-state index < -0.39 is 11.5 Å². The lowest BCUT2D eigenvalue weighted by Gasteiger charge is -2.36. The molecule has 0 bridgehead atoms. The molecule has 2 saturated carbocycles. The van der Waals surface area contributed by atoms with Gasteiger partial charge in [-0.1, -0.05) is 12.8 Å². The van der Waals surface area contributed by atoms with Gasteiger partial charge in [-0.15, -0.1) is 0 Å². The minimum atomic E-state index is -0.670. The van der Waals surface area contributed by atoms with Crippen LogP contribution in [-0.4, -0.2) is 47.2 Å². The molecular formula is C15H26N2O2. The van der Waals surface area contributed by atoms with E-state index in [1.165, 1.54) is 38.6 Å². The summed E-state index contributed by atoms with van der Waals surface area (Å²) in [5, 5.41) is 12.6. The van der Waals surface area contributed by atoms with Crippen molar-refractivity contribution in [2.45, 2.75) is 69.0 Å². The fourth-order valence-electron chi connectivity index (χ4n) is 4.73. The second-order valence-electron chi connectivity index (χ2n) is 6.67. The number of hydrogen-bond acceptors (Lipinski definition) is 3. The number of carboxylic acid groups (broad SMARTS) is 1. The molecule has 2 aliphatic carbocycles. The lowest BCUT2D eigenvalue weighted by Crippen LogP contribution is -2.50. The fourth-order valence-corrected chi connectivity index (χ4v) is 4.73. The van der Waals surface area contributed by atoms with Gasteiger partial charge < -0.3 is 10.4 Å². The van der Waals surface area contributed by atoms with Crippen LogP contribution in [0.1, 0.15) is 51.4 Å². The van der Waals surface area contributed by atoms with Gasteiger partial charge in [-0.3, -0.25) is 9.69 Å². The van der Waals surface area contributed by atoms with Gasteiger partial charge in [-0.05, 0) is 58.0 Å². The first-order valence-electron chi connectivity index (χ1n) is 7.84. The van der Waals surface area contributed by atoms with E-state index in [-0.39, 0.29) is 0 Å². The van der Waals surface area contributed by atoms with Gasteiger partial charge in [0.05, 0.1) is 0 Å². The Morgan fingerprint density at radius 1 is 1.26 bits per heavy atom. The minimum Gasteiger partial charge on any atom is -0.480 e. The maximum atomic E-state index is 11.5. The van der Waals surface area contributed by atoms with E-state index in [1.807, 2.05) is 0 Å². The fraction of sp³-hybridized carbons (Fsp3) is 0.933. The zero-order chi connectivity index (χ0) is 13.5. The molecule has 0 aromatic heterocycles. The number of likely N-dealkylation sites (N-methyl/N-ethyl adjacent to an activating group) is 1. The number of carbonyl (C=O) groups is 1. The van der Waals surface area contributed by atoms with Gasteiger partial charge in [0.25, 0.3) is 0 Å². The molecule has 1 saturated heterocycles. The number of carboxylic acids is 1. The van der Waals surface area contributed by atoms with Crippen molar-refractivity contribution in [1.82, 2.24) is 10.2 Å².